The Morgan fingerprint density at radius 3 is 2.42 bits per heavy atom. The predicted octanol–water partition coefficient (Wildman–Crippen LogP) is 1.95. The number of allylic oxidation sites excluding steroid dienone is 1. The van der Waals surface area contributed by atoms with Crippen molar-refractivity contribution in [1.82, 2.24) is 4.90 Å². The number of rotatable bonds is 3. The normalized spacial score (nSPS) is 23.8. The average Bonchev–Trinajstić information content (AvgIpc) is 2.10. The quantitative estimate of drug-likeness (QED) is 0.592. The Labute approximate surface area is 72.1 Å². The fourth-order valence-corrected chi connectivity index (χ4v) is 1.47. The molecule has 0 aromatic carbocycles. The molecule has 0 atom stereocenters. The number of likely N-dealkylation sites (tertiary alicyclic amines) is 1. The van der Waals surface area contributed by atoms with Crippen LogP contribution in [-0.2, 0) is 0 Å². The van der Waals surface area contributed by atoms with Crippen LogP contribution in [0.3, 0.4) is 0 Å². The number of hydrogen-bond acceptors (Lipinski definition) is 1. The molecule has 1 aliphatic heterocycles. The third kappa shape index (κ3) is 2.27. The van der Waals surface area contributed by atoms with Gasteiger partial charge in [-0.25, -0.2) is 8.78 Å². The second-order valence-electron chi connectivity index (χ2n) is 3.27. The molecule has 1 aliphatic rings. The molecule has 0 unspecified atom stereocenters. The van der Waals surface area contributed by atoms with E-state index in [4.69, 9.17) is 0 Å². The molecule has 0 aliphatic carbocycles. The molecule has 1 nitrogen and oxygen atoms in total. The molecule has 0 aromatic heterocycles. The fourth-order valence-electron chi connectivity index (χ4n) is 1.47. The minimum atomic E-state index is -1.20. The van der Waals surface area contributed by atoms with Gasteiger partial charge in [-0.05, 0) is 12.8 Å². The molecular formula is C9H15F2N. The second kappa shape index (κ2) is 3.99. The highest BCUT2D eigenvalue weighted by Crippen LogP contribution is 2.26. The maximum atomic E-state index is 13.5. The molecule has 0 bridgehead atoms. The molecule has 0 saturated carbocycles. The summed E-state index contributed by atoms with van der Waals surface area (Å²) in [5.41, 5.74) is -1.20. The van der Waals surface area contributed by atoms with Crippen LogP contribution in [-0.4, -0.2) is 36.9 Å². The monoisotopic (exact) mass is 175 g/mol. The predicted molar refractivity (Wildman–Crippen MR) is 45.7 cm³/mol. The maximum Gasteiger partial charge on any atom is 0.131 e. The third-order valence-corrected chi connectivity index (χ3v) is 2.45. The van der Waals surface area contributed by atoms with Gasteiger partial charge in [-0.1, -0.05) is 12.7 Å². The Morgan fingerprint density at radius 2 is 2.00 bits per heavy atom. The van der Waals surface area contributed by atoms with E-state index in [1.165, 1.54) is 6.08 Å². The number of piperidine rings is 1. The van der Waals surface area contributed by atoms with Gasteiger partial charge in [-0.15, -0.1) is 0 Å². The van der Waals surface area contributed by atoms with Crippen LogP contribution in [0.4, 0.5) is 8.78 Å². The summed E-state index contributed by atoms with van der Waals surface area (Å²) in [6.07, 6.45) is 2.28. The Balaban J connectivity index is 2.33. The van der Waals surface area contributed by atoms with Crippen LogP contribution in [0.2, 0.25) is 0 Å². The van der Waals surface area contributed by atoms with Crippen molar-refractivity contribution < 1.29 is 8.78 Å². The lowest BCUT2D eigenvalue weighted by Gasteiger charge is -2.33. The van der Waals surface area contributed by atoms with Gasteiger partial charge in [-0.2, -0.15) is 0 Å². The lowest BCUT2D eigenvalue weighted by molar-refractivity contribution is 0.0933. The zero-order chi connectivity index (χ0) is 9.03. The molecule has 0 spiro atoms. The summed E-state index contributed by atoms with van der Waals surface area (Å²) in [4.78, 5) is 1.95. The van der Waals surface area contributed by atoms with Gasteiger partial charge in [0.2, 0.25) is 0 Å². The maximum absolute atomic E-state index is 13.5. The number of halogens is 2. The van der Waals surface area contributed by atoms with E-state index in [0.29, 0.717) is 32.5 Å². The van der Waals surface area contributed by atoms with Crippen LogP contribution in [0.25, 0.3) is 0 Å². The highest BCUT2D eigenvalue weighted by atomic mass is 19.1. The van der Waals surface area contributed by atoms with Gasteiger partial charge in [0.25, 0.3) is 0 Å². The highest BCUT2D eigenvalue weighted by Gasteiger charge is 2.30. The zero-order valence-corrected chi connectivity index (χ0v) is 7.23. The summed E-state index contributed by atoms with van der Waals surface area (Å²) < 4.78 is 25.4. The topological polar surface area (TPSA) is 3.24 Å². The van der Waals surface area contributed by atoms with Crippen molar-refractivity contribution in [2.45, 2.75) is 18.5 Å². The lowest BCUT2D eigenvalue weighted by atomic mass is 9.94. The standard InChI is InChI=1S/C9H15F2N/c1-2-9(11)3-6-12(7-4-9)8-5-10/h2H,1,3-8H2. The smallest absolute Gasteiger partial charge is 0.131 e. The van der Waals surface area contributed by atoms with Crippen molar-refractivity contribution in [2.75, 3.05) is 26.3 Å². The summed E-state index contributed by atoms with van der Waals surface area (Å²) in [5.74, 6) is 0. The highest BCUT2D eigenvalue weighted by molar-refractivity contribution is 4.99. The summed E-state index contributed by atoms with van der Waals surface area (Å²) in [5, 5.41) is 0. The van der Waals surface area contributed by atoms with Crippen LogP contribution in [0.5, 0.6) is 0 Å². The van der Waals surface area contributed by atoms with Crippen LogP contribution < -0.4 is 0 Å². The van der Waals surface area contributed by atoms with Crippen molar-refractivity contribution in [3.63, 3.8) is 0 Å². The first-order valence-electron chi connectivity index (χ1n) is 4.31. The summed E-state index contributed by atoms with van der Waals surface area (Å²) in [6.45, 7) is 4.85. The second-order valence-corrected chi connectivity index (χ2v) is 3.27. The summed E-state index contributed by atoms with van der Waals surface area (Å²) >= 11 is 0. The van der Waals surface area contributed by atoms with Crippen LogP contribution >= 0.6 is 0 Å². The lowest BCUT2D eigenvalue weighted by Crippen LogP contribution is -2.41. The van der Waals surface area contributed by atoms with Gasteiger partial charge >= 0.3 is 0 Å². The number of hydrogen-bond donors (Lipinski definition) is 0. The van der Waals surface area contributed by atoms with Crippen LogP contribution in [0.15, 0.2) is 12.7 Å². The molecule has 1 heterocycles. The van der Waals surface area contributed by atoms with E-state index >= 15 is 0 Å². The van der Waals surface area contributed by atoms with Gasteiger partial charge < -0.3 is 4.90 Å². The van der Waals surface area contributed by atoms with Gasteiger partial charge in [0.1, 0.15) is 12.3 Å². The molecule has 70 valence electrons. The van der Waals surface area contributed by atoms with Crippen molar-refractivity contribution in [1.29, 1.82) is 0 Å². The first-order chi connectivity index (χ1) is 5.70. The fraction of sp³-hybridized carbons (Fsp3) is 0.778. The van der Waals surface area contributed by atoms with Crippen molar-refractivity contribution >= 4 is 0 Å². The van der Waals surface area contributed by atoms with Gasteiger partial charge in [0.15, 0.2) is 0 Å². The minimum Gasteiger partial charge on any atom is -0.300 e. The SMILES string of the molecule is C=CC1(F)CCN(CCF)CC1. The zero-order valence-electron chi connectivity index (χ0n) is 7.23. The van der Waals surface area contributed by atoms with E-state index in [9.17, 15) is 8.78 Å². The molecular weight excluding hydrogens is 160 g/mol. The Morgan fingerprint density at radius 1 is 1.42 bits per heavy atom. The molecule has 12 heavy (non-hydrogen) atoms. The molecule has 3 heteroatoms. The molecule has 1 fully saturated rings. The van der Waals surface area contributed by atoms with Crippen LogP contribution in [0.1, 0.15) is 12.8 Å². The van der Waals surface area contributed by atoms with Gasteiger partial charge in [0, 0.05) is 19.6 Å². The Kier molecular flexibility index (Phi) is 3.20. The van der Waals surface area contributed by atoms with Crippen molar-refractivity contribution in [3.05, 3.63) is 12.7 Å². The van der Waals surface area contributed by atoms with E-state index in [0.717, 1.165) is 0 Å². The van der Waals surface area contributed by atoms with E-state index in [2.05, 4.69) is 6.58 Å². The first-order valence-corrected chi connectivity index (χ1v) is 4.31. The summed E-state index contributed by atoms with van der Waals surface area (Å²) in [7, 11) is 0. The molecule has 0 aromatic rings. The first kappa shape index (κ1) is 9.65. The van der Waals surface area contributed by atoms with Crippen molar-refractivity contribution in [2.24, 2.45) is 0 Å². The van der Waals surface area contributed by atoms with E-state index < -0.39 is 5.67 Å². The van der Waals surface area contributed by atoms with Crippen LogP contribution in [0, 0.1) is 0 Å². The largest absolute Gasteiger partial charge is 0.300 e. The molecule has 0 radical (unpaired) electrons. The minimum absolute atomic E-state index is 0.340. The van der Waals surface area contributed by atoms with E-state index in [-0.39, 0.29) is 6.67 Å². The summed E-state index contributed by atoms with van der Waals surface area (Å²) in [6, 6.07) is 0. The number of alkyl halides is 2. The average molecular weight is 175 g/mol. The molecule has 1 rings (SSSR count). The Hall–Kier alpha value is -0.440. The van der Waals surface area contributed by atoms with Gasteiger partial charge in [-0.3, -0.25) is 0 Å². The number of nitrogens with zero attached hydrogens (tertiary/aromatic N) is 1. The third-order valence-electron chi connectivity index (χ3n) is 2.45. The van der Waals surface area contributed by atoms with Gasteiger partial charge in [0.05, 0.1) is 0 Å². The van der Waals surface area contributed by atoms with Crippen molar-refractivity contribution in [3.8, 4) is 0 Å². The molecule has 1 saturated heterocycles. The molecule has 0 amide bonds. The van der Waals surface area contributed by atoms with E-state index in [1.54, 1.807) is 0 Å². The van der Waals surface area contributed by atoms with E-state index in [1.807, 2.05) is 4.90 Å². The Bertz CT molecular complexity index is 151. The molecule has 0 N–H and O–H groups in total.